The Balaban J connectivity index is 2.32. The number of hydrogen-bond acceptors (Lipinski definition) is 3. The molecule has 0 fully saturated rings. The highest BCUT2D eigenvalue weighted by Crippen LogP contribution is 1.94. The first-order valence-corrected chi connectivity index (χ1v) is 4.82. The molecule has 1 aromatic rings. The molecule has 72 valence electrons. The molecule has 1 aromatic heterocycles. The molecule has 1 N–H and O–H groups in total. The Morgan fingerprint density at radius 1 is 1.38 bits per heavy atom. The van der Waals surface area contributed by atoms with Crippen molar-refractivity contribution in [2.24, 2.45) is 0 Å². The van der Waals surface area contributed by atoms with Gasteiger partial charge in [-0.15, -0.1) is 0 Å². The number of nitrogens with zero attached hydrogens (tertiary/aromatic N) is 2. The Hall–Kier alpha value is -0.960. The molecule has 0 saturated carbocycles. The lowest BCUT2D eigenvalue weighted by atomic mass is 10.2. The van der Waals surface area contributed by atoms with Crippen molar-refractivity contribution < 1.29 is 0 Å². The van der Waals surface area contributed by atoms with E-state index >= 15 is 0 Å². The van der Waals surface area contributed by atoms with E-state index in [-0.39, 0.29) is 0 Å². The summed E-state index contributed by atoms with van der Waals surface area (Å²) in [5.41, 5.74) is 0. The highest BCUT2D eigenvalue weighted by atomic mass is 14.9. The van der Waals surface area contributed by atoms with Crippen molar-refractivity contribution in [1.29, 1.82) is 0 Å². The lowest BCUT2D eigenvalue weighted by Crippen LogP contribution is -2.29. The fraction of sp³-hybridized carbons (Fsp3) is 0.600. The van der Waals surface area contributed by atoms with Crippen LogP contribution in [0.25, 0.3) is 0 Å². The zero-order valence-electron chi connectivity index (χ0n) is 8.33. The standard InChI is InChI=1S/C10H17N3/c1-3-5-11-9(2)8-10-12-6-4-7-13-10/h4,6-7,9,11H,3,5,8H2,1-2H3. The first kappa shape index (κ1) is 10.1. The van der Waals surface area contributed by atoms with Crippen LogP contribution in [0.1, 0.15) is 26.1 Å². The third kappa shape index (κ3) is 3.99. The topological polar surface area (TPSA) is 37.8 Å². The maximum absolute atomic E-state index is 4.18. The minimum Gasteiger partial charge on any atom is -0.314 e. The predicted molar refractivity (Wildman–Crippen MR) is 53.5 cm³/mol. The molecule has 1 atom stereocenters. The van der Waals surface area contributed by atoms with Crippen LogP contribution in [0.2, 0.25) is 0 Å². The number of aromatic nitrogens is 2. The Morgan fingerprint density at radius 2 is 2.08 bits per heavy atom. The molecule has 0 spiro atoms. The number of nitrogens with one attached hydrogen (secondary N) is 1. The van der Waals surface area contributed by atoms with Gasteiger partial charge < -0.3 is 5.32 Å². The van der Waals surface area contributed by atoms with Gasteiger partial charge in [0.05, 0.1) is 0 Å². The van der Waals surface area contributed by atoms with Gasteiger partial charge in [0.15, 0.2) is 0 Å². The van der Waals surface area contributed by atoms with E-state index in [0.717, 1.165) is 18.8 Å². The second kappa shape index (κ2) is 5.65. The van der Waals surface area contributed by atoms with E-state index in [2.05, 4.69) is 29.1 Å². The number of rotatable bonds is 5. The van der Waals surface area contributed by atoms with E-state index in [1.54, 1.807) is 12.4 Å². The minimum absolute atomic E-state index is 0.461. The molecule has 13 heavy (non-hydrogen) atoms. The molecule has 1 unspecified atom stereocenters. The Morgan fingerprint density at radius 3 is 2.69 bits per heavy atom. The van der Waals surface area contributed by atoms with Gasteiger partial charge in [0.1, 0.15) is 5.82 Å². The number of hydrogen-bond donors (Lipinski definition) is 1. The molecule has 0 aliphatic carbocycles. The molecule has 3 heteroatoms. The van der Waals surface area contributed by atoms with Crippen LogP contribution in [0.4, 0.5) is 0 Å². The van der Waals surface area contributed by atoms with Crippen LogP contribution < -0.4 is 5.32 Å². The monoisotopic (exact) mass is 179 g/mol. The smallest absolute Gasteiger partial charge is 0.129 e. The summed E-state index contributed by atoms with van der Waals surface area (Å²) in [7, 11) is 0. The molecule has 0 bridgehead atoms. The highest BCUT2D eigenvalue weighted by molar-refractivity contribution is 4.90. The van der Waals surface area contributed by atoms with Crippen molar-refractivity contribution in [3.8, 4) is 0 Å². The van der Waals surface area contributed by atoms with Gasteiger partial charge in [-0.05, 0) is 26.0 Å². The largest absolute Gasteiger partial charge is 0.314 e. The normalized spacial score (nSPS) is 12.8. The van der Waals surface area contributed by atoms with Crippen molar-refractivity contribution in [2.45, 2.75) is 32.7 Å². The van der Waals surface area contributed by atoms with Gasteiger partial charge in [0, 0.05) is 24.9 Å². The molecule has 0 aliphatic rings. The van der Waals surface area contributed by atoms with Crippen molar-refractivity contribution in [3.05, 3.63) is 24.3 Å². The van der Waals surface area contributed by atoms with Crippen LogP contribution in [0, 0.1) is 0 Å². The first-order valence-electron chi connectivity index (χ1n) is 4.82. The van der Waals surface area contributed by atoms with Gasteiger partial charge in [-0.25, -0.2) is 9.97 Å². The van der Waals surface area contributed by atoms with Crippen LogP contribution in [0.15, 0.2) is 18.5 Å². The summed E-state index contributed by atoms with van der Waals surface area (Å²) in [5, 5.41) is 3.40. The van der Waals surface area contributed by atoms with E-state index < -0.39 is 0 Å². The second-order valence-electron chi connectivity index (χ2n) is 3.22. The summed E-state index contributed by atoms with van der Waals surface area (Å²) in [6, 6.07) is 2.30. The van der Waals surface area contributed by atoms with Gasteiger partial charge in [-0.3, -0.25) is 0 Å². The van der Waals surface area contributed by atoms with E-state index in [9.17, 15) is 0 Å². The van der Waals surface area contributed by atoms with E-state index in [1.807, 2.05) is 6.07 Å². The lowest BCUT2D eigenvalue weighted by Gasteiger charge is -2.11. The Bertz CT molecular complexity index is 223. The highest BCUT2D eigenvalue weighted by Gasteiger charge is 2.02. The summed E-state index contributed by atoms with van der Waals surface area (Å²) in [6.07, 6.45) is 5.64. The Labute approximate surface area is 79.6 Å². The molecule has 1 heterocycles. The molecule has 0 radical (unpaired) electrons. The lowest BCUT2D eigenvalue weighted by molar-refractivity contribution is 0.532. The first-order chi connectivity index (χ1) is 6.33. The van der Waals surface area contributed by atoms with Gasteiger partial charge in [-0.2, -0.15) is 0 Å². The van der Waals surface area contributed by atoms with Crippen LogP contribution in [0.5, 0.6) is 0 Å². The molecule has 1 rings (SSSR count). The van der Waals surface area contributed by atoms with Crippen molar-refractivity contribution >= 4 is 0 Å². The summed E-state index contributed by atoms with van der Waals surface area (Å²) < 4.78 is 0. The van der Waals surface area contributed by atoms with Crippen LogP contribution in [-0.4, -0.2) is 22.6 Å². The average Bonchev–Trinajstić information content (AvgIpc) is 2.16. The molecule has 0 amide bonds. The zero-order valence-corrected chi connectivity index (χ0v) is 8.33. The zero-order chi connectivity index (χ0) is 9.52. The predicted octanol–water partition coefficient (Wildman–Crippen LogP) is 1.41. The second-order valence-corrected chi connectivity index (χ2v) is 3.22. The Kier molecular flexibility index (Phi) is 4.40. The molecule has 0 aromatic carbocycles. The van der Waals surface area contributed by atoms with Gasteiger partial charge in [-0.1, -0.05) is 6.92 Å². The summed E-state index contributed by atoms with van der Waals surface area (Å²) in [6.45, 7) is 5.39. The molecule has 0 aliphatic heterocycles. The maximum Gasteiger partial charge on any atom is 0.129 e. The summed E-state index contributed by atoms with van der Waals surface area (Å²) in [5.74, 6) is 0.915. The van der Waals surface area contributed by atoms with Crippen LogP contribution >= 0.6 is 0 Å². The molecular weight excluding hydrogens is 162 g/mol. The average molecular weight is 179 g/mol. The van der Waals surface area contributed by atoms with Crippen molar-refractivity contribution in [1.82, 2.24) is 15.3 Å². The SMILES string of the molecule is CCCNC(C)Cc1ncccn1. The third-order valence-electron chi connectivity index (χ3n) is 1.85. The van der Waals surface area contributed by atoms with E-state index in [0.29, 0.717) is 6.04 Å². The quantitative estimate of drug-likeness (QED) is 0.742. The molecular formula is C10H17N3. The summed E-state index contributed by atoms with van der Waals surface area (Å²) >= 11 is 0. The minimum atomic E-state index is 0.461. The van der Waals surface area contributed by atoms with Gasteiger partial charge in [0.25, 0.3) is 0 Å². The fourth-order valence-corrected chi connectivity index (χ4v) is 1.17. The van der Waals surface area contributed by atoms with Gasteiger partial charge >= 0.3 is 0 Å². The molecule has 0 saturated heterocycles. The van der Waals surface area contributed by atoms with Crippen LogP contribution in [0.3, 0.4) is 0 Å². The fourth-order valence-electron chi connectivity index (χ4n) is 1.17. The van der Waals surface area contributed by atoms with E-state index in [1.165, 1.54) is 6.42 Å². The van der Waals surface area contributed by atoms with E-state index in [4.69, 9.17) is 0 Å². The van der Waals surface area contributed by atoms with Crippen molar-refractivity contribution in [3.63, 3.8) is 0 Å². The third-order valence-corrected chi connectivity index (χ3v) is 1.85. The van der Waals surface area contributed by atoms with Gasteiger partial charge in [0.2, 0.25) is 0 Å². The van der Waals surface area contributed by atoms with Crippen LogP contribution in [-0.2, 0) is 6.42 Å². The summed E-state index contributed by atoms with van der Waals surface area (Å²) in [4.78, 5) is 8.35. The van der Waals surface area contributed by atoms with Crippen molar-refractivity contribution in [2.75, 3.05) is 6.54 Å². The molecule has 3 nitrogen and oxygen atoms in total. The maximum atomic E-state index is 4.18.